The standard InChI is InChI=1S/C30H26Cl2N4O/c31-25-15-24(16-26(32)17-25)28(14-21-7-2-1-3-8-21)35-30(37)33-18-22-9-6-10-23(13-22)19-36-20-34-27-11-4-5-12-29(27)36/h1-13,15-17,20,28H,14,18-19H2,(H2,33,35,37). The zero-order valence-electron chi connectivity index (χ0n) is 20.1. The molecule has 0 bridgehead atoms. The molecule has 5 aromatic rings. The maximum atomic E-state index is 12.9. The summed E-state index contributed by atoms with van der Waals surface area (Å²) >= 11 is 12.5. The van der Waals surface area contributed by atoms with Crippen LogP contribution >= 0.6 is 23.2 Å². The Morgan fingerprint density at radius 3 is 2.32 bits per heavy atom. The van der Waals surface area contributed by atoms with E-state index in [1.165, 1.54) is 0 Å². The molecule has 5 nitrogen and oxygen atoms in total. The van der Waals surface area contributed by atoms with Crippen LogP contribution in [0.1, 0.15) is 28.3 Å². The van der Waals surface area contributed by atoms with E-state index in [1.807, 2.05) is 79.1 Å². The second kappa shape index (κ2) is 11.5. The highest BCUT2D eigenvalue weighted by molar-refractivity contribution is 6.34. The van der Waals surface area contributed by atoms with Crippen molar-refractivity contribution >= 4 is 40.3 Å². The lowest BCUT2D eigenvalue weighted by molar-refractivity contribution is 0.236. The fourth-order valence-corrected chi connectivity index (χ4v) is 4.98. The van der Waals surface area contributed by atoms with Gasteiger partial charge in [-0.3, -0.25) is 0 Å². The monoisotopic (exact) mass is 528 g/mol. The smallest absolute Gasteiger partial charge is 0.315 e. The van der Waals surface area contributed by atoms with Crippen molar-refractivity contribution in [2.45, 2.75) is 25.6 Å². The van der Waals surface area contributed by atoms with Gasteiger partial charge >= 0.3 is 6.03 Å². The molecule has 5 rings (SSSR count). The summed E-state index contributed by atoms with van der Waals surface area (Å²) in [6, 6.07) is 31.1. The van der Waals surface area contributed by atoms with Gasteiger partial charge in [0.15, 0.2) is 0 Å². The van der Waals surface area contributed by atoms with E-state index in [-0.39, 0.29) is 12.1 Å². The molecule has 1 atom stereocenters. The van der Waals surface area contributed by atoms with E-state index in [2.05, 4.69) is 38.4 Å². The SMILES string of the molecule is O=C(NCc1cccc(Cn2cnc3ccccc32)c1)NC(Cc1ccccc1)c1cc(Cl)cc(Cl)c1. The minimum Gasteiger partial charge on any atom is -0.334 e. The van der Waals surface area contributed by atoms with E-state index in [0.717, 1.165) is 33.3 Å². The maximum Gasteiger partial charge on any atom is 0.315 e. The maximum absolute atomic E-state index is 12.9. The predicted molar refractivity (Wildman–Crippen MR) is 150 cm³/mol. The summed E-state index contributed by atoms with van der Waals surface area (Å²) in [5, 5.41) is 7.16. The zero-order chi connectivity index (χ0) is 25.6. The molecule has 1 aromatic heterocycles. The Morgan fingerprint density at radius 1 is 0.811 bits per heavy atom. The molecule has 186 valence electrons. The van der Waals surface area contributed by atoms with Crippen LogP contribution in [0.15, 0.2) is 103 Å². The van der Waals surface area contributed by atoms with Crippen LogP contribution < -0.4 is 10.6 Å². The van der Waals surface area contributed by atoms with Gasteiger partial charge < -0.3 is 15.2 Å². The lowest BCUT2D eigenvalue weighted by atomic mass is 9.99. The number of para-hydroxylation sites is 2. The molecule has 0 aliphatic carbocycles. The molecule has 0 fully saturated rings. The van der Waals surface area contributed by atoms with E-state index in [4.69, 9.17) is 23.2 Å². The fourth-order valence-electron chi connectivity index (χ4n) is 4.44. The van der Waals surface area contributed by atoms with Gasteiger partial charge in [0.1, 0.15) is 0 Å². The first-order chi connectivity index (χ1) is 18.0. The van der Waals surface area contributed by atoms with Crippen molar-refractivity contribution < 1.29 is 4.79 Å². The lowest BCUT2D eigenvalue weighted by Gasteiger charge is -2.21. The molecule has 7 heteroatoms. The number of hydrogen-bond donors (Lipinski definition) is 2. The van der Waals surface area contributed by atoms with Crippen molar-refractivity contribution in [1.29, 1.82) is 0 Å². The Balaban J connectivity index is 1.25. The number of urea groups is 1. The summed E-state index contributed by atoms with van der Waals surface area (Å²) in [7, 11) is 0. The number of hydrogen-bond acceptors (Lipinski definition) is 2. The molecular weight excluding hydrogens is 503 g/mol. The average Bonchev–Trinajstić information content (AvgIpc) is 3.30. The van der Waals surface area contributed by atoms with Crippen LogP contribution in [0, 0.1) is 0 Å². The van der Waals surface area contributed by atoms with E-state index in [0.29, 0.717) is 29.6 Å². The number of halogens is 2. The van der Waals surface area contributed by atoms with Crippen molar-refractivity contribution in [3.63, 3.8) is 0 Å². The molecule has 37 heavy (non-hydrogen) atoms. The Morgan fingerprint density at radius 2 is 1.51 bits per heavy atom. The first-order valence-electron chi connectivity index (χ1n) is 12.1. The highest BCUT2D eigenvalue weighted by Crippen LogP contribution is 2.26. The molecule has 0 radical (unpaired) electrons. The number of rotatable bonds is 8. The zero-order valence-corrected chi connectivity index (χ0v) is 21.6. The molecule has 2 N–H and O–H groups in total. The van der Waals surface area contributed by atoms with Crippen molar-refractivity contribution in [2.75, 3.05) is 0 Å². The van der Waals surface area contributed by atoms with Crippen LogP contribution in [-0.4, -0.2) is 15.6 Å². The number of amides is 2. The molecule has 0 aliphatic heterocycles. The predicted octanol–water partition coefficient (Wildman–Crippen LogP) is 7.17. The van der Waals surface area contributed by atoms with Crippen LogP contribution in [0.5, 0.6) is 0 Å². The number of aromatic nitrogens is 2. The van der Waals surface area contributed by atoms with Crippen molar-refractivity contribution in [2.24, 2.45) is 0 Å². The van der Waals surface area contributed by atoms with Crippen LogP contribution in [0.3, 0.4) is 0 Å². The van der Waals surface area contributed by atoms with Gasteiger partial charge in [0, 0.05) is 23.1 Å². The van der Waals surface area contributed by atoms with Crippen LogP contribution in [0.25, 0.3) is 11.0 Å². The number of imidazole rings is 1. The van der Waals surface area contributed by atoms with Crippen molar-refractivity contribution in [3.8, 4) is 0 Å². The number of fused-ring (bicyclic) bond motifs is 1. The molecule has 1 unspecified atom stereocenters. The Labute approximate surface area is 226 Å². The number of carbonyl (C=O) groups is 1. The van der Waals surface area contributed by atoms with Gasteiger partial charge in [-0.1, -0.05) is 89.9 Å². The molecule has 1 heterocycles. The van der Waals surface area contributed by atoms with Gasteiger partial charge in [0.05, 0.1) is 23.4 Å². The average molecular weight is 529 g/mol. The summed E-state index contributed by atoms with van der Waals surface area (Å²) in [6.07, 6.45) is 2.47. The summed E-state index contributed by atoms with van der Waals surface area (Å²) in [4.78, 5) is 17.4. The molecular formula is C30H26Cl2N4O. The molecule has 2 amide bonds. The van der Waals surface area contributed by atoms with Gasteiger partial charge in [-0.05, 0) is 59.0 Å². The Hall–Kier alpha value is -3.80. The van der Waals surface area contributed by atoms with Gasteiger partial charge in [0.25, 0.3) is 0 Å². The van der Waals surface area contributed by atoms with Gasteiger partial charge in [-0.15, -0.1) is 0 Å². The molecule has 0 saturated heterocycles. The van der Waals surface area contributed by atoms with Gasteiger partial charge in [0.2, 0.25) is 0 Å². The Bertz CT molecular complexity index is 1500. The third kappa shape index (κ3) is 6.50. The number of nitrogens with one attached hydrogen (secondary N) is 2. The topological polar surface area (TPSA) is 59.0 Å². The minimum absolute atomic E-state index is 0.261. The van der Waals surface area contributed by atoms with E-state index in [1.54, 1.807) is 6.07 Å². The first-order valence-corrected chi connectivity index (χ1v) is 12.8. The minimum atomic E-state index is -0.292. The summed E-state index contributed by atoms with van der Waals surface area (Å²) < 4.78 is 2.12. The number of benzene rings is 4. The van der Waals surface area contributed by atoms with Crippen LogP contribution in [0.2, 0.25) is 10.0 Å². The van der Waals surface area contributed by atoms with Crippen molar-refractivity contribution in [3.05, 3.63) is 136 Å². The highest BCUT2D eigenvalue weighted by Gasteiger charge is 2.17. The number of carbonyl (C=O) groups excluding carboxylic acids is 1. The summed E-state index contributed by atoms with van der Waals surface area (Å²) in [5.41, 5.74) is 6.18. The largest absolute Gasteiger partial charge is 0.334 e. The third-order valence-electron chi connectivity index (χ3n) is 6.20. The first kappa shape index (κ1) is 24.9. The number of nitrogens with zero attached hydrogens (tertiary/aromatic N) is 2. The van der Waals surface area contributed by atoms with Crippen molar-refractivity contribution in [1.82, 2.24) is 20.2 Å². The van der Waals surface area contributed by atoms with Gasteiger partial charge in [-0.2, -0.15) is 0 Å². The summed E-state index contributed by atoms with van der Waals surface area (Å²) in [6.45, 7) is 1.11. The second-order valence-corrected chi connectivity index (χ2v) is 9.83. The highest BCUT2D eigenvalue weighted by atomic mass is 35.5. The molecule has 0 saturated carbocycles. The molecule has 0 aliphatic rings. The normalized spacial score (nSPS) is 11.8. The van der Waals surface area contributed by atoms with E-state index >= 15 is 0 Å². The van der Waals surface area contributed by atoms with Crippen LogP contribution in [-0.2, 0) is 19.5 Å². The summed E-state index contributed by atoms with van der Waals surface area (Å²) in [5.74, 6) is 0. The van der Waals surface area contributed by atoms with E-state index < -0.39 is 0 Å². The third-order valence-corrected chi connectivity index (χ3v) is 6.64. The second-order valence-electron chi connectivity index (χ2n) is 8.95. The molecule has 4 aromatic carbocycles. The Kier molecular flexibility index (Phi) is 7.73. The fraction of sp³-hybridized carbons (Fsp3) is 0.133. The molecule has 0 spiro atoms. The quantitative estimate of drug-likeness (QED) is 0.224. The van der Waals surface area contributed by atoms with Gasteiger partial charge in [-0.25, -0.2) is 9.78 Å². The lowest BCUT2D eigenvalue weighted by Crippen LogP contribution is -2.38. The van der Waals surface area contributed by atoms with E-state index in [9.17, 15) is 4.79 Å². The van der Waals surface area contributed by atoms with Crippen LogP contribution in [0.4, 0.5) is 4.79 Å².